The highest BCUT2D eigenvalue weighted by molar-refractivity contribution is 5.74. The van der Waals surface area contributed by atoms with E-state index in [4.69, 9.17) is 19.4 Å². The molecule has 3 fully saturated rings. The molecule has 0 radical (unpaired) electrons. The van der Waals surface area contributed by atoms with Gasteiger partial charge in [0.1, 0.15) is 0 Å². The average Bonchev–Trinajstić information content (AvgIpc) is 3.25. The molecule has 2 bridgehead atoms. The highest BCUT2D eigenvalue weighted by atomic mass is 16.5. The van der Waals surface area contributed by atoms with Gasteiger partial charge in [-0.15, -0.1) is 0 Å². The van der Waals surface area contributed by atoms with Gasteiger partial charge in [0.25, 0.3) is 0 Å². The van der Waals surface area contributed by atoms with Crippen molar-refractivity contribution in [3.8, 4) is 0 Å². The zero-order valence-electron chi connectivity index (χ0n) is 16.1. The Labute approximate surface area is 157 Å². The Kier molecular flexibility index (Phi) is 7.73. The number of hydrogen-bond acceptors (Lipinski definition) is 5. The maximum absolute atomic E-state index is 11.3. The highest BCUT2D eigenvalue weighted by Crippen LogP contribution is 2.45. The number of fused-ring (bicyclic) bond motifs is 2. The van der Waals surface area contributed by atoms with Gasteiger partial charge in [0, 0.05) is 32.6 Å². The largest absolute Gasteiger partial charge is 0.381 e. The molecule has 0 aromatic rings. The van der Waals surface area contributed by atoms with E-state index in [1.165, 1.54) is 52.0 Å². The summed E-state index contributed by atoms with van der Waals surface area (Å²) in [5.74, 6) is 0.793. The summed E-state index contributed by atoms with van der Waals surface area (Å²) < 4.78 is 18.1. The van der Waals surface area contributed by atoms with Crippen LogP contribution in [0.1, 0.15) is 64.2 Å². The molecule has 1 amide bonds. The molecule has 26 heavy (non-hydrogen) atoms. The van der Waals surface area contributed by atoms with Gasteiger partial charge < -0.3 is 14.2 Å². The van der Waals surface area contributed by atoms with Crippen LogP contribution in [-0.4, -0.2) is 61.4 Å². The summed E-state index contributed by atoms with van der Waals surface area (Å²) in [5, 5.41) is 9.66. The fourth-order valence-electron chi connectivity index (χ4n) is 4.79. The Morgan fingerprint density at radius 1 is 1.08 bits per heavy atom. The third-order valence-electron chi connectivity index (χ3n) is 6.30. The lowest BCUT2D eigenvalue weighted by molar-refractivity contribution is -0.159. The van der Waals surface area contributed by atoms with Crippen molar-refractivity contribution in [3.05, 3.63) is 0 Å². The summed E-state index contributed by atoms with van der Waals surface area (Å²) in [5.41, 5.74) is 0. The van der Waals surface area contributed by atoms with Crippen molar-refractivity contribution in [3.63, 3.8) is 0 Å². The van der Waals surface area contributed by atoms with Crippen LogP contribution in [0.15, 0.2) is 0 Å². The van der Waals surface area contributed by atoms with E-state index < -0.39 is 0 Å². The van der Waals surface area contributed by atoms with Crippen LogP contribution in [0.5, 0.6) is 0 Å². The summed E-state index contributed by atoms with van der Waals surface area (Å²) in [6, 6.07) is 0. The molecule has 150 valence electrons. The molecule has 1 N–H and O–H groups in total. The Hall–Kier alpha value is -0.690. The van der Waals surface area contributed by atoms with Gasteiger partial charge in [-0.1, -0.05) is 19.3 Å². The Balaban J connectivity index is 1.33. The van der Waals surface area contributed by atoms with Crippen molar-refractivity contribution in [1.29, 1.82) is 0 Å². The minimum Gasteiger partial charge on any atom is -0.381 e. The van der Waals surface area contributed by atoms with E-state index in [0.717, 1.165) is 13.0 Å². The van der Waals surface area contributed by atoms with Crippen LogP contribution in [-0.2, 0) is 19.0 Å². The Morgan fingerprint density at radius 3 is 2.54 bits per heavy atom. The molecule has 0 spiro atoms. The molecule has 3 rings (SSSR count). The molecule has 3 aliphatic rings. The molecule has 1 aliphatic carbocycles. The van der Waals surface area contributed by atoms with E-state index in [1.54, 1.807) is 0 Å². The van der Waals surface area contributed by atoms with Crippen molar-refractivity contribution >= 4 is 5.91 Å². The first-order valence-corrected chi connectivity index (χ1v) is 10.5. The molecule has 0 aromatic heterocycles. The lowest BCUT2D eigenvalue weighted by atomic mass is 9.78. The van der Waals surface area contributed by atoms with Gasteiger partial charge in [-0.2, -0.15) is 0 Å². The predicted molar refractivity (Wildman–Crippen MR) is 96.9 cm³/mol. The van der Waals surface area contributed by atoms with Gasteiger partial charge in [-0.25, -0.2) is 5.06 Å². The van der Waals surface area contributed by atoms with Gasteiger partial charge in [0.2, 0.25) is 5.91 Å². The first-order chi connectivity index (χ1) is 12.6. The van der Waals surface area contributed by atoms with Gasteiger partial charge in [-0.3, -0.25) is 10.0 Å². The summed E-state index contributed by atoms with van der Waals surface area (Å²) in [7, 11) is 1.36. The Morgan fingerprint density at radius 2 is 1.81 bits per heavy atom. The minimum atomic E-state index is -0.268. The number of rotatable bonds is 10. The summed E-state index contributed by atoms with van der Waals surface area (Å²) in [4.78, 5) is 11.3. The van der Waals surface area contributed by atoms with E-state index in [0.29, 0.717) is 61.3 Å². The van der Waals surface area contributed by atoms with Gasteiger partial charge >= 0.3 is 0 Å². The number of amides is 1. The van der Waals surface area contributed by atoms with E-state index >= 15 is 0 Å². The zero-order chi connectivity index (χ0) is 18.4. The molecule has 0 unspecified atom stereocenters. The molecule has 2 heterocycles. The smallest absolute Gasteiger partial charge is 0.245 e. The molecule has 4 atom stereocenters. The van der Waals surface area contributed by atoms with E-state index in [9.17, 15) is 4.79 Å². The maximum Gasteiger partial charge on any atom is 0.245 e. The molecule has 1 saturated carbocycles. The number of carbonyl (C=O) groups is 1. The lowest BCUT2D eigenvalue weighted by Crippen LogP contribution is -2.33. The quantitative estimate of drug-likeness (QED) is 0.364. The normalized spacial score (nSPS) is 31.5. The highest BCUT2D eigenvalue weighted by Gasteiger charge is 2.48. The Bertz CT molecular complexity index is 438. The van der Waals surface area contributed by atoms with Crippen molar-refractivity contribution < 1.29 is 24.2 Å². The monoisotopic (exact) mass is 369 g/mol. The van der Waals surface area contributed by atoms with Gasteiger partial charge in [-0.05, 0) is 44.4 Å². The molecular weight excluding hydrogens is 334 g/mol. The van der Waals surface area contributed by atoms with Crippen LogP contribution in [0.2, 0.25) is 0 Å². The van der Waals surface area contributed by atoms with Crippen molar-refractivity contribution in [1.82, 2.24) is 5.06 Å². The number of carbonyl (C=O) groups excluding carboxylic acids is 1. The van der Waals surface area contributed by atoms with Crippen LogP contribution >= 0.6 is 0 Å². The summed E-state index contributed by atoms with van der Waals surface area (Å²) >= 11 is 0. The van der Waals surface area contributed by atoms with E-state index in [2.05, 4.69) is 0 Å². The van der Waals surface area contributed by atoms with Crippen LogP contribution in [0.25, 0.3) is 0 Å². The molecular formula is C20H35NO5. The van der Waals surface area contributed by atoms with Crippen molar-refractivity contribution in [2.75, 3.05) is 26.9 Å². The fourth-order valence-corrected chi connectivity index (χ4v) is 4.79. The van der Waals surface area contributed by atoms with Crippen LogP contribution < -0.4 is 0 Å². The second kappa shape index (κ2) is 10.0. The van der Waals surface area contributed by atoms with Gasteiger partial charge in [0.15, 0.2) is 0 Å². The van der Waals surface area contributed by atoms with Crippen molar-refractivity contribution in [2.45, 2.75) is 82.5 Å². The molecule has 0 aromatic carbocycles. The topological polar surface area (TPSA) is 68.2 Å². The predicted octanol–water partition coefficient (Wildman–Crippen LogP) is 3.16. The lowest BCUT2D eigenvalue weighted by Gasteiger charge is -2.30. The number of hydrogen-bond donors (Lipinski definition) is 1. The van der Waals surface area contributed by atoms with E-state index in [1.807, 2.05) is 0 Å². The number of ether oxygens (including phenoxy) is 3. The first kappa shape index (κ1) is 20.1. The van der Waals surface area contributed by atoms with E-state index in [-0.39, 0.29) is 5.91 Å². The third-order valence-corrected chi connectivity index (χ3v) is 6.30. The molecule has 6 nitrogen and oxygen atoms in total. The van der Waals surface area contributed by atoms with Crippen molar-refractivity contribution in [2.24, 2.45) is 11.8 Å². The first-order valence-electron chi connectivity index (χ1n) is 10.5. The summed E-state index contributed by atoms with van der Waals surface area (Å²) in [6.45, 7) is 2.11. The third kappa shape index (κ3) is 5.41. The second-order valence-electron chi connectivity index (χ2n) is 8.13. The zero-order valence-corrected chi connectivity index (χ0v) is 16.1. The molecule has 6 heteroatoms. The maximum atomic E-state index is 11.3. The van der Waals surface area contributed by atoms with Gasteiger partial charge in [0.05, 0.1) is 24.9 Å². The van der Waals surface area contributed by atoms with Crippen LogP contribution in [0, 0.1) is 11.8 Å². The minimum absolute atomic E-state index is 0.268. The average molecular weight is 370 g/mol. The molecule has 2 saturated heterocycles. The fraction of sp³-hybridized carbons (Fsp3) is 0.950. The standard InChI is InChI=1S/C20H35NO5/c1-21(23)20(22)8-5-12-24-13-11-16-17(19-10-9-18(16)26-19)14-25-15-6-3-2-4-7-15/h15-19,23H,2-14H2,1H3/t16-,17+,18-,19+/m0/s1. The SMILES string of the molecule is CN(O)C(=O)CCCOCC[C@H]1[C@@H](COC2CCCCC2)[C@H]2CC[C@@H]1O2. The summed E-state index contributed by atoms with van der Waals surface area (Å²) in [6.07, 6.45) is 12.0. The second-order valence-corrected chi connectivity index (χ2v) is 8.13. The number of nitrogens with zero attached hydrogens (tertiary/aromatic N) is 1. The van der Waals surface area contributed by atoms with Crippen LogP contribution in [0.4, 0.5) is 0 Å². The van der Waals surface area contributed by atoms with Crippen LogP contribution in [0.3, 0.4) is 0 Å². The number of hydroxylamine groups is 2. The molecule has 2 aliphatic heterocycles.